The molecule has 0 aliphatic rings. The van der Waals surface area contributed by atoms with E-state index in [9.17, 15) is 0 Å². The molecule has 0 saturated heterocycles. The van der Waals surface area contributed by atoms with Gasteiger partial charge in [0.2, 0.25) is 5.28 Å². The largest absolute Gasteiger partial charge is 0.309 e. The first-order chi connectivity index (χ1) is 21.7. The summed E-state index contributed by atoms with van der Waals surface area (Å²) in [5.41, 5.74) is 6.29. The summed E-state index contributed by atoms with van der Waals surface area (Å²) in [4.78, 5) is 9.45. The van der Waals surface area contributed by atoms with Crippen LogP contribution in [0.25, 0.3) is 90.0 Å². The van der Waals surface area contributed by atoms with Crippen molar-refractivity contribution in [3.05, 3.63) is 127 Å². The van der Waals surface area contributed by atoms with Gasteiger partial charge in [0.15, 0.2) is 0 Å². The SMILES string of the molecule is Clc1nc(-c2cccc(-n3c4ccccc4c4c5ccccc5c5sc6ccccc6c5c43)c2)c2sc3ccccc3c2n1. The Morgan fingerprint density at radius 1 is 0.545 bits per heavy atom. The van der Waals surface area contributed by atoms with Gasteiger partial charge in [0.05, 0.1) is 26.9 Å². The Kier molecular flexibility index (Phi) is 5.09. The summed E-state index contributed by atoms with van der Waals surface area (Å²) in [6, 6.07) is 43.5. The predicted octanol–water partition coefficient (Wildman–Crippen LogP) is 11.8. The van der Waals surface area contributed by atoms with E-state index in [1.54, 1.807) is 11.3 Å². The monoisotopic (exact) mass is 617 g/mol. The van der Waals surface area contributed by atoms with Crippen molar-refractivity contribution in [3.63, 3.8) is 0 Å². The number of aromatic nitrogens is 3. The lowest BCUT2D eigenvalue weighted by Crippen LogP contribution is -1.96. The van der Waals surface area contributed by atoms with Gasteiger partial charge in [-0.05, 0) is 47.3 Å². The summed E-state index contributed by atoms with van der Waals surface area (Å²) in [5.74, 6) is 0. The van der Waals surface area contributed by atoms with E-state index in [1.807, 2.05) is 17.4 Å². The Morgan fingerprint density at radius 3 is 2.05 bits per heavy atom. The maximum Gasteiger partial charge on any atom is 0.223 e. The molecule has 10 aromatic rings. The Labute approximate surface area is 264 Å². The van der Waals surface area contributed by atoms with Gasteiger partial charge in [-0.3, -0.25) is 0 Å². The van der Waals surface area contributed by atoms with E-state index in [-0.39, 0.29) is 5.28 Å². The van der Waals surface area contributed by atoms with Crippen molar-refractivity contribution in [2.24, 2.45) is 0 Å². The fraction of sp³-hybridized carbons (Fsp3) is 0. The standard InChI is InChI=1S/C38H20ClN3S2/c39-38-40-33(37-34(41-38)27-16-5-8-19-30(27)44-37)21-10-9-11-22(20-21)42-28-17-6-3-14-25(28)31-23-12-1-2-13-24(23)36-32(35(31)42)26-15-4-7-18-29(26)43-36/h1-20H. The highest BCUT2D eigenvalue weighted by Crippen LogP contribution is 2.48. The molecule has 4 heterocycles. The van der Waals surface area contributed by atoms with Gasteiger partial charge >= 0.3 is 0 Å². The third-order valence-electron chi connectivity index (χ3n) is 8.72. The van der Waals surface area contributed by atoms with Gasteiger partial charge in [-0.2, -0.15) is 0 Å². The Hall–Kier alpha value is -4.81. The van der Waals surface area contributed by atoms with E-state index < -0.39 is 0 Å². The number of para-hydroxylation sites is 1. The lowest BCUT2D eigenvalue weighted by molar-refractivity contribution is 1.18. The Bertz CT molecular complexity index is 2800. The van der Waals surface area contributed by atoms with Gasteiger partial charge in [-0.1, -0.05) is 91.0 Å². The third-order valence-corrected chi connectivity index (χ3v) is 11.3. The van der Waals surface area contributed by atoms with Crippen LogP contribution in [0.3, 0.4) is 0 Å². The summed E-state index contributed by atoms with van der Waals surface area (Å²) >= 11 is 10.2. The van der Waals surface area contributed by atoms with Crippen LogP contribution in [0.5, 0.6) is 0 Å². The summed E-state index contributed by atoms with van der Waals surface area (Å²) in [7, 11) is 0. The van der Waals surface area contributed by atoms with Crippen molar-refractivity contribution in [1.29, 1.82) is 0 Å². The minimum absolute atomic E-state index is 0.260. The van der Waals surface area contributed by atoms with Gasteiger partial charge in [0.1, 0.15) is 0 Å². The first-order valence-corrected chi connectivity index (χ1v) is 16.5. The van der Waals surface area contributed by atoms with Gasteiger partial charge in [0, 0.05) is 57.7 Å². The van der Waals surface area contributed by atoms with E-state index in [0.717, 1.165) is 32.5 Å². The summed E-state index contributed by atoms with van der Waals surface area (Å²) in [6.45, 7) is 0. The molecule has 6 heteroatoms. The third kappa shape index (κ3) is 3.32. The molecule has 0 aliphatic heterocycles. The van der Waals surface area contributed by atoms with Crippen molar-refractivity contribution >= 4 is 107 Å². The molecule has 0 unspecified atom stereocenters. The van der Waals surface area contributed by atoms with Crippen molar-refractivity contribution in [3.8, 4) is 16.9 Å². The molecule has 0 N–H and O–H groups in total. The van der Waals surface area contributed by atoms with Gasteiger partial charge in [-0.25, -0.2) is 9.97 Å². The molecule has 0 aliphatic carbocycles. The molecular formula is C38H20ClN3S2. The average molecular weight is 618 g/mol. The lowest BCUT2D eigenvalue weighted by Gasteiger charge is -2.12. The fourth-order valence-electron chi connectivity index (χ4n) is 6.94. The molecule has 0 bridgehead atoms. The first kappa shape index (κ1) is 24.6. The zero-order valence-corrected chi connectivity index (χ0v) is 25.5. The molecule has 0 spiro atoms. The van der Waals surface area contributed by atoms with Crippen LogP contribution in [0.15, 0.2) is 121 Å². The molecular weight excluding hydrogens is 598 g/mol. The number of benzene rings is 6. The average Bonchev–Trinajstić information content (AvgIpc) is 3.74. The molecule has 206 valence electrons. The molecule has 0 atom stereocenters. The molecule has 0 fully saturated rings. The minimum atomic E-state index is 0.260. The topological polar surface area (TPSA) is 30.7 Å². The molecule has 0 saturated carbocycles. The van der Waals surface area contributed by atoms with Crippen LogP contribution in [0.4, 0.5) is 0 Å². The second-order valence-corrected chi connectivity index (χ2v) is 13.5. The molecule has 44 heavy (non-hydrogen) atoms. The molecule has 10 rings (SSSR count). The normalized spacial score (nSPS) is 12.2. The zero-order valence-electron chi connectivity index (χ0n) is 23.1. The summed E-state index contributed by atoms with van der Waals surface area (Å²) in [5, 5.41) is 9.08. The van der Waals surface area contributed by atoms with Gasteiger partial charge in [-0.15, -0.1) is 22.7 Å². The Balaban J connectivity index is 1.36. The van der Waals surface area contributed by atoms with Crippen LogP contribution in [-0.4, -0.2) is 14.5 Å². The molecule has 0 radical (unpaired) electrons. The summed E-state index contributed by atoms with van der Waals surface area (Å²) < 4.78 is 7.30. The number of hydrogen-bond acceptors (Lipinski definition) is 4. The molecule has 3 nitrogen and oxygen atoms in total. The van der Waals surface area contributed by atoms with E-state index in [4.69, 9.17) is 16.6 Å². The van der Waals surface area contributed by atoms with Gasteiger partial charge < -0.3 is 4.57 Å². The number of nitrogens with zero attached hydrogens (tertiary/aromatic N) is 3. The van der Waals surface area contributed by atoms with Crippen molar-refractivity contribution < 1.29 is 0 Å². The van der Waals surface area contributed by atoms with Crippen molar-refractivity contribution in [2.45, 2.75) is 0 Å². The second-order valence-electron chi connectivity index (χ2n) is 11.1. The smallest absolute Gasteiger partial charge is 0.223 e. The molecule has 4 aromatic heterocycles. The lowest BCUT2D eigenvalue weighted by atomic mass is 10.00. The van der Waals surface area contributed by atoms with Crippen LogP contribution >= 0.6 is 34.3 Å². The maximum atomic E-state index is 6.57. The number of thiophene rings is 2. The molecule has 6 aromatic carbocycles. The number of halogens is 1. The van der Waals surface area contributed by atoms with Crippen LogP contribution < -0.4 is 0 Å². The number of hydrogen-bond donors (Lipinski definition) is 0. The molecule has 0 amide bonds. The number of fused-ring (bicyclic) bond motifs is 13. The quantitative estimate of drug-likeness (QED) is 0.181. The van der Waals surface area contributed by atoms with E-state index in [2.05, 4.69) is 125 Å². The number of rotatable bonds is 2. The first-order valence-electron chi connectivity index (χ1n) is 14.5. The van der Waals surface area contributed by atoms with Crippen LogP contribution in [0.1, 0.15) is 0 Å². The van der Waals surface area contributed by atoms with Crippen LogP contribution in [0, 0.1) is 0 Å². The second kappa shape index (κ2) is 9.10. The summed E-state index contributed by atoms with van der Waals surface area (Å²) in [6.07, 6.45) is 0. The van der Waals surface area contributed by atoms with Crippen LogP contribution in [-0.2, 0) is 0 Å². The Morgan fingerprint density at radius 2 is 1.20 bits per heavy atom. The van der Waals surface area contributed by atoms with E-state index in [0.29, 0.717) is 0 Å². The highest BCUT2D eigenvalue weighted by Gasteiger charge is 2.22. The highest BCUT2D eigenvalue weighted by molar-refractivity contribution is 7.27. The van der Waals surface area contributed by atoms with Crippen molar-refractivity contribution in [2.75, 3.05) is 0 Å². The fourth-order valence-corrected chi connectivity index (χ4v) is 9.50. The van der Waals surface area contributed by atoms with E-state index >= 15 is 0 Å². The van der Waals surface area contributed by atoms with Crippen LogP contribution in [0.2, 0.25) is 5.28 Å². The predicted molar refractivity (Wildman–Crippen MR) is 190 cm³/mol. The highest BCUT2D eigenvalue weighted by atomic mass is 35.5. The minimum Gasteiger partial charge on any atom is -0.309 e. The van der Waals surface area contributed by atoms with Crippen molar-refractivity contribution in [1.82, 2.24) is 14.5 Å². The van der Waals surface area contributed by atoms with E-state index in [1.165, 1.54) is 57.5 Å². The zero-order chi connectivity index (χ0) is 28.9. The van der Waals surface area contributed by atoms with Gasteiger partial charge in [0.25, 0.3) is 0 Å². The maximum absolute atomic E-state index is 6.57.